The first-order valence-corrected chi connectivity index (χ1v) is 13.9. The number of likely N-dealkylation sites (N-methyl/N-ethyl adjacent to an activating group) is 1. The summed E-state index contributed by atoms with van der Waals surface area (Å²) in [4.78, 5) is 33.9. The second-order valence-electron chi connectivity index (χ2n) is 10.8. The van der Waals surface area contributed by atoms with Crippen molar-refractivity contribution in [1.82, 2.24) is 14.8 Å². The van der Waals surface area contributed by atoms with Gasteiger partial charge in [-0.25, -0.2) is 14.2 Å². The minimum absolute atomic E-state index is 0.0855. The van der Waals surface area contributed by atoms with Crippen molar-refractivity contribution in [2.45, 2.75) is 45.0 Å². The van der Waals surface area contributed by atoms with Crippen LogP contribution in [0.4, 0.5) is 28.0 Å². The van der Waals surface area contributed by atoms with Crippen LogP contribution >= 0.6 is 0 Å². The molecule has 0 saturated heterocycles. The van der Waals surface area contributed by atoms with Gasteiger partial charge in [-0.2, -0.15) is 13.2 Å². The number of rotatable bonds is 8. The number of ether oxygens (including phenoxy) is 1. The summed E-state index contributed by atoms with van der Waals surface area (Å²) in [6, 6.07) is 11.0. The number of nitrogens with zero attached hydrogens (tertiary/aromatic N) is 3. The number of nitrogens with one attached hydrogen (secondary N) is 1. The molecule has 8 nitrogen and oxygen atoms in total. The number of anilines is 1. The summed E-state index contributed by atoms with van der Waals surface area (Å²) in [5.41, 5.74) is 1.29. The van der Waals surface area contributed by atoms with Gasteiger partial charge in [0.25, 0.3) is 5.91 Å². The molecule has 0 saturated carbocycles. The molecule has 2 heterocycles. The number of carbonyl (C=O) groups excluding carboxylic acids is 2. The van der Waals surface area contributed by atoms with Crippen LogP contribution < -0.4 is 10.1 Å². The van der Waals surface area contributed by atoms with Gasteiger partial charge in [-0.3, -0.25) is 4.79 Å². The highest BCUT2D eigenvalue weighted by Gasteiger charge is 2.35. The standard InChI is InChI=1S/C31H34F4N4O4/c1-19-16-39(20(2)18-40)29(41)26-14-22(5-4-21-6-8-23(9-7-21)31(33,34)35)15-36-28(26)43-27(19)17-38(3)30(42)37-25-12-10-24(32)11-13-25/h6-15,19-20,27,40H,4-5,16-18H2,1-3H3,(H,37,42)/t19-,20+,27-/m0/s1. The van der Waals surface area contributed by atoms with Gasteiger partial charge in [0.2, 0.25) is 5.88 Å². The van der Waals surface area contributed by atoms with E-state index in [0.717, 1.165) is 12.1 Å². The third kappa shape index (κ3) is 8.01. The van der Waals surface area contributed by atoms with Crippen molar-refractivity contribution in [2.24, 2.45) is 5.92 Å². The Hall–Kier alpha value is -4.19. The Labute approximate surface area is 247 Å². The van der Waals surface area contributed by atoms with Crippen molar-refractivity contribution in [3.05, 3.63) is 88.9 Å². The molecular weight excluding hydrogens is 568 g/mol. The third-order valence-electron chi connectivity index (χ3n) is 7.46. The lowest BCUT2D eigenvalue weighted by Gasteiger charge is -2.37. The predicted molar refractivity (Wildman–Crippen MR) is 152 cm³/mol. The highest BCUT2D eigenvalue weighted by atomic mass is 19.4. The zero-order valence-electron chi connectivity index (χ0n) is 24.1. The van der Waals surface area contributed by atoms with Crippen molar-refractivity contribution in [2.75, 3.05) is 32.1 Å². The van der Waals surface area contributed by atoms with E-state index in [-0.39, 0.29) is 43.0 Å². The molecular formula is C31H34F4N4O4. The number of urea groups is 1. The monoisotopic (exact) mass is 602 g/mol. The number of benzene rings is 2. The average Bonchev–Trinajstić information content (AvgIpc) is 2.98. The SMILES string of the molecule is C[C@H](CO)N1C[C@H](C)[C@H](CN(C)C(=O)Nc2ccc(F)cc2)Oc2ncc(CCc3ccc(C(F)(F)F)cc3)cc2C1=O. The Kier molecular flexibility index (Phi) is 9.90. The van der Waals surface area contributed by atoms with E-state index in [9.17, 15) is 32.3 Å². The zero-order valence-corrected chi connectivity index (χ0v) is 24.1. The van der Waals surface area contributed by atoms with Gasteiger partial charge < -0.3 is 25.0 Å². The summed E-state index contributed by atoms with van der Waals surface area (Å²) in [5.74, 6) is -0.961. The Morgan fingerprint density at radius 1 is 1.14 bits per heavy atom. The van der Waals surface area contributed by atoms with Gasteiger partial charge in [-0.15, -0.1) is 0 Å². The zero-order chi connectivity index (χ0) is 31.3. The average molecular weight is 603 g/mol. The molecule has 1 aromatic heterocycles. The number of aliphatic hydroxyl groups is 1. The van der Waals surface area contributed by atoms with E-state index in [1.165, 1.54) is 41.3 Å². The molecule has 0 fully saturated rings. The van der Waals surface area contributed by atoms with E-state index < -0.39 is 35.7 Å². The number of pyridine rings is 1. The smallest absolute Gasteiger partial charge is 0.416 e. The third-order valence-corrected chi connectivity index (χ3v) is 7.46. The second kappa shape index (κ2) is 13.4. The van der Waals surface area contributed by atoms with Gasteiger partial charge in [0, 0.05) is 31.4 Å². The minimum Gasteiger partial charge on any atom is -0.472 e. The largest absolute Gasteiger partial charge is 0.472 e. The van der Waals surface area contributed by atoms with Crippen LogP contribution in [0, 0.1) is 11.7 Å². The van der Waals surface area contributed by atoms with Crippen molar-refractivity contribution in [3.63, 3.8) is 0 Å². The number of hydrogen-bond acceptors (Lipinski definition) is 5. The Morgan fingerprint density at radius 3 is 2.42 bits per heavy atom. The quantitative estimate of drug-likeness (QED) is 0.337. The van der Waals surface area contributed by atoms with Crippen LogP contribution in [0.5, 0.6) is 5.88 Å². The van der Waals surface area contributed by atoms with E-state index in [0.29, 0.717) is 29.7 Å². The first-order chi connectivity index (χ1) is 20.3. The van der Waals surface area contributed by atoms with Crippen LogP contribution in [0.3, 0.4) is 0 Å². The van der Waals surface area contributed by atoms with Crippen LogP contribution in [-0.2, 0) is 19.0 Å². The maximum atomic E-state index is 13.6. The molecule has 0 aliphatic carbocycles. The molecule has 3 aromatic rings. The summed E-state index contributed by atoms with van der Waals surface area (Å²) >= 11 is 0. The number of hydrogen-bond donors (Lipinski definition) is 2. The summed E-state index contributed by atoms with van der Waals surface area (Å²) < 4.78 is 58.2. The summed E-state index contributed by atoms with van der Waals surface area (Å²) in [5, 5.41) is 12.6. The van der Waals surface area contributed by atoms with Gasteiger partial charge in [-0.1, -0.05) is 19.1 Å². The van der Waals surface area contributed by atoms with Gasteiger partial charge in [0.05, 0.1) is 24.8 Å². The lowest BCUT2D eigenvalue weighted by Crippen LogP contribution is -2.50. The van der Waals surface area contributed by atoms with Crippen LogP contribution in [0.2, 0.25) is 0 Å². The molecule has 3 amide bonds. The maximum absolute atomic E-state index is 13.6. The predicted octanol–water partition coefficient (Wildman–Crippen LogP) is 5.41. The Bertz CT molecular complexity index is 1420. The molecule has 0 spiro atoms. The molecule has 230 valence electrons. The maximum Gasteiger partial charge on any atom is 0.416 e. The van der Waals surface area contributed by atoms with Crippen molar-refractivity contribution in [3.8, 4) is 5.88 Å². The Morgan fingerprint density at radius 2 is 1.79 bits per heavy atom. The van der Waals surface area contributed by atoms with Crippen molar-refractivity contribution in [1.29, 1.82) is 0 Å². The van der Waals surface area contributed by atoms with E-state index in [1.54, 1.807) is 31.1 Å². The first kappa shape index (κ1) is 31.7. The van der Waals surface area contributed by atoms with Crippen molar-refractivity contribution < 1.29 is 37.0 Å². The van der Waals surface area contributed by atoms with E-state index in [2.05, 4.69) is 10.3 Å². The topological polar surface area (TPSA) is 95.0 Å². The van der Waals surface area contributed by atoms with Crippen LogP contribution in [-0.4, -0.2) is 70.7 Å². The van der Waals surface area contributed by atoms with Gasteiger partial charge in [-0.05, 0) is 73.4 Å². The second-order valence-corrected chi connectivity index (χ2v) is 10.8. The lowest BCUT2D eigenvalue weighted by atomic mass is 9.99. The number of aromatic nitrogens is 1. The fourth-order valence-corrected chi connectivity index (χ4v) is 4.75. The lowest BCUT2D eigenvalue weighted by molar-refractivity contribution is -0.137. The summed E-state index contributed by atoms with van der Waals surface area (Å²) in [6.45, 7) is 3.73. The highest BCUT2D eigenvalue weighted by molar-refractivity contribution is 5.97. The van der Waals surface area contributed by atoms with E-state index in [1.807, 2.05) is 6.92 Å². The Balaban J connectivity index is 1.53. The van der Waals surface area contributed by atoms with Crippen LogP contribution in [0.15, 0.2) is 60.8 Å². The normalized spacial score (nSPS) is 17.8. The highest BCUT2D eigenvalue weighted by Crippen LogP contribution is 2.30. The number of fused-ring (bicyclic) bond motifs is 1. The molecule has 1 aliphatic rings. The molecule has 2 aromatic carbocycles. The summed E-state index contributed by atoms with van der Waals surface area (Å²) in [7, 11) is 1.59. The molecule has 12 heteroatoms. The molecule has 2 N–H and O–H groups in total. The number of carbonyl (C=O) groups is 2. The van der Waals surface area contributed by atoms with E-state index >= 15 is 0 Å². The molecule has 0 unspecified atom stereocenters. The number of alkyl halides is 3. The molecule has 3 atom stereocenters. The molecule has 0 bridgehead atoms. The number of aliphatic hydroxyl groups excluding tert-OH is 1. The van der Waals surface area contributed by atoms with E-state index in [4.69, 9.17) is 4.74 Å². The van der Waals surface area contributed by atoms with Crippen LogP contribution in [0.1, 0.15) is 40.9 Å². The molecule has 1 aliphatic heterocycles. The summed E-state index contributed by atoms with van der Waals surface area (Å²) in [6.07, 6.45) is -2.58. The van der Waals surface area contributed by atoms with Gasteiger partial charge >= 0.3 is 12.2 Å². The first-order valence-electron chi connectivity index (χ1n) is 13.9. The van der Waals surface area contributed by atoms with Gasteiger partial charge in [0.15, 0.2) is 0 Å². The number of aryl methyl sites for hydroxylation is 2. The fourth-order valence-electron chi connectivity index (χ4n) is 4.75. The fraction of sp³-hybridized carbons (Fsp3) is 0.387. The molecule has 0 radical (unpaired) electrons. The molecule has 4 rings (SSSR count). The molecule has 43 heavy (non-hydrogen) atoms. The number of amides is 3. The minimum atomic E-state index is -4.41. The van der Waals surface area contributed by atoms with Crippen LogP contribution in [0.25, 0.3) is 0 Å². The number of halogens is 4. The van der Waals surface area contributed by atoms with Crippen molar-refractivity contribution >= 4 is 17.6 Å². The van der Waals surface area contributed by atoms with Gasteiger partial charge in [0.1, 0.15) is 17.5 Å².